The van der Waals surface area contributed by atoms with E-state index in [-0.39, 0.29) is 11.8 Å². The molecule has 3 nitrogen and oxygen atoms in total. The molecule has 0 saturated carbocycles. The Balaban J connectivity index is 1.34. The third-order valence-electron chi connectivity index (χ3n) is 6.86. The van der Waals surface area contributed by atoms with Crippen LogP contribution >= 0.6 is 0 Å². The van der Waals surface area contributed by atoms with Crippen LogP contribution in [0.4, 0.5) is 0 Å². The molecule has 5 aromatic carbocycles. The SMILES string of the molecule is CC(c1ccccc1)c1cccc(OC(=O)c2ccccc2Oc2cccc(C(C)c3ccccc3)c2)c1. The van der Waals surface area contributed by atoms with Gasteiger partial charge in [-0.2, -0.15) is 0 Å². The van der Waals surface area contributed by atoms with Crippen molar-refractivity contribution in [2.45, 2.75) is 25.7 Å². The molecule has 0 spiro atoms. The minimum absolute atomic E-state index is 0.177. The number of ether oxygens (including phenoxy) is 2. The van der Waals surface area contributed by atoms with Crippen molar-refractivity contribution < 1.29 is 14.3 Å². The largest absolute Gasteiger partial charge is 0.456 e. The monoisotopic (exact) mass is 498 g/mol. The fourth-order valence-corrected chi connectivity index (χ4v) is 4.58. The van der Waals surface area contributed by atoms with Crippen molar-refractivity contribution in [3.05, 3.63) is 161 Å². The zero-order valence-corrected chi connectivity index (χ0v) is 21.6. The lowest BCUT2D eigenvalue weighted by Crippen LogP contribution is -2.10. The van der Waals surface area contributed by atoms with Gasteiger partial charge < -0.3 is 9.47 Å². The van der Waals surface area contributed by atoms with Gasteiger partial charge in [-0.05, 0) is 58.7 Å². The number of carbonyl (C=O) groups is 1. The summed E-state index contributed by atoms with van der Waals surface area (Å²) in [5, 5.41) is 0. The van der Waals surface area contributed by atoms with E-state index in [1.165, 1.54) is 11.1 Å². The molecule has 0 aliphatic rings. The van der Waals surface area contributed by atoms with Gasteiger partial charge in [0, 0.05) is 11.8 Å². The highest BCUT2D eigenvalue weighted by Crippen LogP contribution is 2.32. The van der Waals surface area contributed by atoms with E-state index in [1.807, 2.05) is 78.9 Å². The second-order valence-corrected chi connectivity index (χ2v) is 9.40. The first-order chi connectivity index (χ1) is 18.6. The summed E-state index contributed by atoms with van der Waals surface area (Å²) in [5.41, 5.74) is 5.03. The third-order valence-corrected chi connectivity index (χ3v) is 6.86. The Bertz CT molecular complexity index is 1510. The average molecular weight is 499 g/mol. The number of hydrogen-bond acceptors (Lipinski definition) is 3. The number of para-hydroxylation sites is 1. The molecule has 5 aromatic rings. The molecule has 0 aliphatic carbocycles. The zero-order chi connectivity index (χ0) is 26.3. The Hall–Kier alpha value is -4.63. The lowest BCUT2D eigenvalue weighted by atomic mass is 9.93. The number of rotatable bonds is 8. The van der Waals surface area contributed by atoms with Crippen molar-refractivity contribution in [2.24, 2.45) is 0 Å². The van der Waals surface area contributed by atoms with E-state index in [2.05, 4.69) is 50.2 Å². The number of esters is 1. The molecule has 0 heterocycles. The van der Waals surface area contributed by atoms with Crippen LogP contribution < -0.4 is 9.47 Å². The molecule has 188 valence electrons. The molecule has 3 heteroatoms. The van der Waals surface area contributed by atoms with E-state index in [0.29, 0.717) is 22.8 Å². The summed E-state index contributed by atoms with van der Waals surface area (Å²) in [4.78, 5) is 13.2. The van der Waals surface area contributed by atoms with Crippen LogP contribution in [0.5, 0.6) is 17.2 Å². The molecule has 0 bridgehead atoms. The quantitative estimate of drug-likeness (QED) is 0.158. The second kappa shape index (κ2) is 11.6. The predicted molar refractivity (Wildman–Crippen MR) is 152 cm³/mol. The van der Waals surface area contributed by atoms with Gasteiger partial charge in [-0.1, -0.05) is 111 Å². The lowest BCUT2D eigenvalue weighted by Gasteiger charge is -2.16. The van der Waals surface area contributed by atoms with Crippen LogP contribution in [0.1, 0.15) is 58.3 Å². The number of carbonyl (C=O) groups excluding carboxylic acids is 1. The van der Waals surface area contributed by atoms with Gasteiger partial charge in [-0.15, -0.1) is 0 Å². The van der Waals surface area contributed by atoms with Crippen LogP contribution in [0.25, 0.3) is 0 Å². The van der Waals surface area contributed by atoms with Gasteiger partial charge in [-0.25, -0.2) is 4.79 Å². The highest BCUT2D eigenvalue weighted by atomic mass is 16.5. The Morgan fingerprint density at radius 2 is 1.00 bits per heavy atom. The van der Waals surface area contributed by atoms with Crippen molar-refractivity contribution in [3.63, 3.8) is 0 Å². The Morgan fingerprint density at radius 1 is 0.526 bits per heavy atom. The lowest BCUT2D eigenvalue weighted by molar-refractivity contribution is 0.0732. The molecule has 5 rings (SSSR count). The molecule has 38 heavy (non-hydrogen) atoms. The molecule has 0 fully saturated rings. The van der Waals surface area contributed by atoms with Gasteiger partial charge in [0.2, 0.25) is 0 Å². The van der Waals surface area contributed by atoms with Crippen molar-refractivity contribution in [1.29, 1.82) is 0 Å². The van der Waals surface area contributed by atoms with Crippen LogP contribution in [0.3, 0.4) is 0 Å². The van der Waals surface area contributed by atoms with E-state index in [4.69, 9.17) is 9.47 Å². The average Bonchev–Trinajstić information content (AvgIpc) is 2.98. The maximum atomic E-state index is 13.2. The molecule has 0 saturated heterocycles. The minimum Gasteiger partial charge on any atom is -0.456 e. The first kappa shape index (κ1) is 25.0. The summed E-state index contributed by atoms with van der Waals surface area (Å²) in [5.74, 6) is 1.56. The van der Waals surface area contributed by atoms with Crippen LogP contribution in [0, 0.1) is 0 Å². The van der Waals surface area contributed by atoms with Crippen LogP contribution in [-0.4, -0.2) is 5.97 Å². The fraction of sp³-hybridized carbons (Fsp3) is 0.114. The molecule has 2 unspecified atom stereocenters. The molecule has 0 aliphatic heterocycles. The molecule has 0 radical (unpaired) electrons. The Labute approximate surface area is 224 Å². The van der Waals surface area contributed by atoms with Crippen molar-refractivity contribution in [3.8, 4) is 17.2 Å². The summed E-state index contributed by atoms with van der Waals surface area (Å²) in [6.07, 6.45) is 0. The van der Waals surface area contributed by atoms with Gasteiger partial charge >= 0.3 is 5.97 Å². The first-order valence-electron chi connectivity index (χ1n) is 12.9. The second-order valence-electron chi connectivity index (χ2n) is 9.40. The van der Waals surface area contributed by atoms with Gasteiger partial charge in [0.15, 0.2) is 0 Å². The summed E-state index contributed by atoms with van der Waals surface area (Å²) < 4.78 is 12.0. The molecule has 0 amide bonds. The normalized spacial score (nSPS) is 12.4. The van der Waals surface area contributed by atoms with E-state index in [1.54, 1.807) is 18.2 Å². The topological polar surface area (TPSA) is 35.5 Å². The Morgan fingerprint density at radius 3 is 1.61 bits per heavy atom. The third kappa shape index (κ3) is 5.84. The van der Waals surface area contributed by atoms with E-state index < -0.39 is 5.97 Å². The summed E-state index contributed by atoms with van der Waals surface area (Å²) >= 11 is 0. The van der Waals surface area contributed by atoms with Crippen LogP contribution in [0.2, 0.25) is 0 Å². The van der Waals surface area contributed by atoms with Crippen molar-refractivity contribution in [2.75, 3.05) is 0 Å². The van der Waals surface area contributed by atoms with E-state index >= 15 is 0 Å². The maximum Gasteiger partial charge on any atom is 0.347 e. The van der Waals surface area contributed by atoms with Gasteiger partial charge in [0.25, 0.3) is 0 Å². The maximum absolute atomic E-state index is 13.2. The smallest absolute Gasteiger partial charge is 0.347 e. The molecular weight excluding hydrogens is 468 g/mol. The molecule has 0 N–H and O–H groups in total. The van der Waals surface area contributed by atoms with E-state index in [0.717, 1.165) is 11.1 Å². The molecule has 0 aromatic heterocycles. The predicted octanol–water partition coefficient (Wildman–Crippen LogP) is 9.00. The number of benzene rings is 5. The fourth-order valence-electron chi connectivity index (χ4n) is 4.58. The summed E-state index contributed by atoms with van der Waals surface area (Å²) in [6, 6.07) is 43.5. The van der Waals surface area contributed by atoms with Crippen LogP contribution in [-0.2, 0) is 0 Å². The first-order valence-corrected chi connectivity index (χ1v) is 12.9. The number of hydrogen-bond donors (Lipinski definition) is 0. The van der Waals surface area contributed by atoms with E-state index in [9.17, 15) is 4.79 Å². The molecular formula is C35H30O3. The Kier molecular flexibility index (Phi) is 7.65. The molecule has 2 atom stereocenters. The highest BCUT2D eigenvalue weighted by molar-refractivity contribution is 5.94. The van der Waals surface area contributed by atoms with Crippen LogP contribution in [0.15, 0.2) is 133 Å². The van der Waals surface area contributed by atoms with Crippen molar-refractivity contribution in [1.82, 2.24) is 0 Å². The van der Waals surface area contributed by atoms with Gasteiger partial charge in [0.05, 0.1) is 0 Å². The zero-order valence-electron chi connectivity index (χ0n) is 21.6. The van der Waals surface area contributed by atoms with Gasteiger partial charge in [-0.3, -0.25) is 0 Å². The standard InChI is InChI=1S/C35H30O3/c1-25(27-13-5-3-6-14-27)29-17-11-19-31(23-29)37-34-22-10-9-21-33(34)35(36)38-32-20-12-18-30(24-32)26(2)28-15-7-4-8-16-28/h3-26H,1-2H3. The summed E-state index contributed by atoms with van der Waals surface area (Å²) in [7, 11) is 0. The summed E-state index contributed by atoms with van der Waals surface area (Å²) in [6.45, 7) is 4.32. The van der Waals surface area contributed by atoms with Crippen molar-refractivity contribution >= 4 is 5.97 Å². The minimum atomic E-state index is -0.459. The van der Waals surface area contributed by atoms with Gasteiger partial charge in [0.1, 0.15) is 22.8 Å². The highest BCUT2D eigenvalue weighted by Gasteiger charge is 2.17.